The van der Waals surface area contributed by atoms with Gasteiger partial charge in [-0.3, -0.25) is 4.79 Å². The van der Waals surface area contributed by atoms with Crippen molar-refractivity contribution in [3.8, 4) is 0 Å². The Morgan fingerprint density at radius 2 is 1.96 bits per heavy atom. The molecule has 0 aromatic heterocycles. The van der Waals surface area contributed by atoms with Gasteiger partial charge in [-0.2, -0.15) is 0 Å². The van der Waals surface area contributed by atoms with Gasteiger partial charge in [0, 0.05) is 12.3 Å². The maximum atomic E-state index is 12.2. The molecule has 2 nitrogen and oxygen atoms in total. The molecule has 3 rings (SSSR count). The Bertz CT molecular complexity index is 522. The maximum absolute atomic E-state index is 12.2. The topological polar surface area (TPSA) is 26.3 Å². The number of Topliss-reactive ketones (excluding diaryl/α,β-unsaturated/α-hetero) is 1. The summed E-state index contributed by atoms with van der Waals surface area (Å²) in [5.41, 5.74) is 2.16. The number of hydrogen-bond acceptors (Lipinski definition) is 2. The van der Waals surface area contributed by atoms with Crippen molar-refractivity contribution >= 4 is 14.1 Å². The molecule has 3 aliphatic rings. The lowest BCUT2D eigenvalue weighted by atomic mass is 9.73. The van der Waals surface area contributed by atoms with Crippen LogP contribution in [0.15, 0.2) is 11.6 Å². The van der Waals surface area contributed by atoms with Gasteiger partial charge < -0.3 is 4.43 Å². The largest absolute Gasteiger partial charge is 0.413 e. The monoisotopic (exact) mass is 348 g/mol. The van der Waals surface area contributed by atoms with E-state index in [1.807, 2.05) is 0 Å². The summed E-state index contributed by atoms with van der Waals surface area (Å²) < 4.78 is 6.37. The summed E-state index contributed by atoms with van der Waals surface area (Å²) >= 11 is 0. The van der Waals surface area contributed by atoms with Gasteiger partial charge in [0.25, 0.3) is 0 Å². The molecule has 0 aromatic rings. The van der Waals surface area contributed by atoms with Gasteiger partial charge >= 0.3 is 0 Å². The minimum Gasteiger partial charge on any atom is -0.413 e. The van der Waals surface area contributed by atoms with E-state index in [0.29, 0.717) is 23.0 Å². The van der Waals surface area contributed by atoms with E-state index in [-0.39, 0.29) is 5.60 Å². The van der Waals surface area contributed by atoms with E-state index < -0.39 is 8.32 Å². The first kappa shape index (κ1) is 18.4. The van der Waals surface area contributed by atoms with Crippen molar-refractivity contribution in [3.05, 3.63) is 11.6 Å². The fraction of sp³-hybridized carbons (Fsp3) is 0.857. The Hall–Kier alpha value is -0.413. The van der Waals surface area contributed by atoms with Gasteiger partial charge in [-0.05, 0) is 96.2 Å². The van der Waals surface area contributed by atoms with Gasteiger partial charge in [0.1, 0.15) is 5.78 Å². The smallest absolute Gasteiger partial charge is 0.184 e. The molecule has 136 valence electrons. The molecule has 2 saturated carbocycles. The fourth-order valence-electron chi connectivity index (χ4n) is 5.36. The van der Waals surface area contributed by atoms with Crippen LogP contribution in [0, 0.1) is 17.3 Å². The minimum absolute atomic E-state index is 0.00789. The Kier molecular flexibility index (Phi) is 4.89. The van der Waals surface area contributed by atoms with Crippen molar-refractivity contribution in [1.29, 1.82) is 0 Å². The van der Waals surface area contributed by atoms with Crippen molar-refractivity contribution < 1.29 is 9.22 Å². The van der Waals surface area contributed by atoms with Crippen LogP contribution in [0.4, 0.5) is 0 Å². The number of rotatable bonds is 7. The number of carbonyl (C=O) groups is 1. The van der Waals surface area contributed by atoms with Crippen LogP contribution >= 0.6 is 0 Å². The molecule has 0 aromatic carbocycles. The van der Waals surface area contributed by atoms with E-state index >= 15 is 0 Å². The lowest BCUT2D eigenvalue weighted by Crippen LogP contribution is -2.38. The van der Waals surface area contributed by atoms with E-state index in [2.05, 4.69) is 39.6 Å². The van der Waals surface area contributed by atoms with Gasteiger partial charge in [-0.1, -0.05) is 11.6 Å². The molecule has 0 N–H and O–H groups in total. The fourth-order valence-corrected chi connectivity index (χ4v) is 7.12. The highest BCUT2D eigenvalue weighted by Gasteiger charge is 2.51. The predicted octanol–water partition coefficient (Wildman–Crippen LogP) is 5.88. The highest BCUT2D eigenvalue weighted by atomic mass is 28.4. The van der Waals surface area contributed by atoms with Crippen LogP contribution in [0.3, 0.4) is 0 Å². The minimum atomic E-state index is -1.48. The first-order valence-electron chi connectivity index (χ1n) is 10.1. The number of ketones is 1. The Balaban J connectivity index is 1.55. The normalized spacial score (nSPS) is 29.4. The number of carbonyl (C=O) groups excluding carboxylic acids is 1. The summed E-state index contributed by atoms with van der Waals surface area (Å²) in [4.78, 5) is 12.2. The Labute approximate surface area is 149 Å². The second-order valence-electron chi connectivity index (χ2n) is 10.1. The highest BCUT2D eigenvalue weighted by Crippen LogP contribution is 2.62. The van der Waals surface area contributed by atoms with Crippen molar-refractivity contribution in [1.82, 2.24) is 0 Å². The van der Waals surface area contributed by atoms with E-state index in [0.717, 1.165) is 25.7 Å². The Morgan fingerprint density at radius 3 is 2.58 bits per heavy atom. The van der Waals surface area contributed by atoms with Gasteiger partial charge in [0.05, 0.1) is 5.60 Å². The maximum Gasteiger partial charge on any atom is 0.184 e. The third-order valence-corrected chi connectivity index (χ3v) is 7.48. The summed E-state index contributed by atoms with van der Waals surface area (Å²) in [6.45, 7) is 11.4. The van der Waals surface area contributed by atoms with E-state index in [1.165, 1.54) is 32.1 Å². The zero-order valence-corrected chi connectivity index (χ0v) is 17.4. The standard InChI is InChI=1S/C21H36O2Si/c1-20(2,23-24(3,4)5)12-7-13-21(14-15-21)18-11-10-17-16(18)8-6-9-19(17)22/h11,16-17H,6-10,12-15H2,1-5H3. The van der Waals surface area contributed by atoms with Crippen LogP contribution < -0.4 is 0 Å². The van der Waals surface area contributed by atoms with E-state index in [4.69, 9.17) is 4.43 Å². The Morgan fingerprint density at radius 1 is 1.25 bits per heavy atom. The van der Waals surface area contributed by atoms with Crippen molar-refractivity contribution in [3.63, 3.8) is 0 Å². The molecule has 2 unspecified atom stereocenters. The molecule has 0 spiro atoms. The van der Waals surface area contributed by atoms with Crippen molar-refractivity contribution in [2.45, 2.75) is 96.9 Å². The second-order valence-corrected chi connectivity index (χ2v) is 14.5. The average molecular weight is 349 g/mol. The van der Waals surface area contributed by atoms with Gasteiger partial charge in [0.2, 0.25) is 0 Å². The molecule has 24 heavy (non-hydrogen) atoms. The zero-order valence-electron chi connectivity index (χ0n) is 16.4. The molecule has 0 aliphatic heterocycles. The molecule has 2 fully saturated rings. The lowest BCUT2D eigenvalue weighted by Gasteiger charge is -2.34. The van der Waals surface area contributed by atoms with Gasteiger partial charge in [-0.15, -0.1) is 0 Å². The van der Waals surface area contributed by atoms with Crippen LogP contribution in [0.2, 0.25) is 19.6 Å². The molecule has 0 radical (unpaired) electrons. The lowest BCUT2D eigenvalue weighted by molar-refractivity contribution is -0.125. The summed E-state index contributed by atoms with van der Waals surface area (Å²) in [7, 11) is -1.48. The van der Waals surface area contributed by atoms with Crippen molar-refractivity contribution in [2.75, 3.05) is 0 Å². The average Bonchev–Trinajstić information content (AvgIpc) is 3.06. The van der Waals surface area contributed by atoms with Crippen LogP contribution in [0.5, 0.6) is 0 Å². The molecular formula is C21H36O2Si. The summed E-state index contributed by atoms with van der Waals surface area (Å²) in [6.07, 6.45) is 13.1. The molecule has 0 heterocycles. The number of fused-ring (bicyclic) bond motifs is 1. The van der Waals surface area contributed by atoms with Crippen molar-refractivity contribution in [2.24, 2.45) is 17.3 Å². The zero-order chi connectivity index (χ0) is 17.6. The van der Waals surface area contributed by atoms with Crippen LogP contribution in [0.25, 0.3) is 0 Å². The number of hydrogen-bond donors (Lipinski definition) is 0. The number of allylic oxidation sites excluding steroid dienone is 2. The molecule has 0 amide bonds. The molecule has 0 saturated heterocycles. The SMILES string of the molecule is CC(C)(CCCC1(C2=CCC3C(=O)CCCC23)CC1)O[Si](C)(C)C. The molecule has 3 heteroatoms. The summed E-state index contributed by atoms with van der Waals surface area (Å²) in [6, 6.07) is 0. The highest BCUT2D eigenvalue weighted by molar-refractivity contribution is 6.69. The molecule has 0 bridgehead atoms. The van der Waals surface area contributed by atoms with Crippen LogP contribution in [-0.2, 0) is 9.22 Å². The summed E-state index contributed by atoms with van der Waals surface area (Å²) in [5.74, 6) is 1.48. The molecular weight excluding hydrogens is 312 g/mol. The quantitative estimate of drug-likeness (QED) is 0.424. The van der Waals surface area contributed by atoms with Crippen LogP contribution in [0.1, 0.15) is 71.6 Å². The summed E-state index contributed by atoms with van der Waals surface area (Å²) in [5, 5.41) is 0. The van der Waals surface area contributed by atoms with Gasteiger partial charge in [0.15, 0.2) is 8.32 Å². The van der Waals surface area contributed by atoms with Gasteiger partial charge in [-0.25, -0.2) is 0 Å². The predicted molar refractivity (Wildman–Crippen MR) is 103 cm³/mol. The molecule has 2 atom stereocenters. The van der Waals surface area contributed by atoms with E-state index in [1.54, 1.807) is 5.57 Å². The van der Waals surface area contributed by atoms with Crippen LogP contribution in [-0.4, -0.2) is 19.7 Å². The third kappa shape index (κ3) is 4.04. The third-order valence-electron chi connectivity index (χ3n) is 6.31. The van der Waals surface area contributed by atoms with E-state index in [9.17, 15) is 4.79 Å². The first-order chi connectivity index (χ1) is 11.1. The molecule has 3 aliphatic carbocycles. The first-order valence-corrected chi connectivity index (χ1v) is 13.5. The second kappa shape index (κ2) is 6.39.